The van der Waals surface area contributed by atoms with Crippen molar-refractivity contribution >= 4 is 23.8 Å². The van der Waals surface area contributed by atoms with Crippen molar-refractivity contribution in [1.29, 1.82) is 0 Å². The lowest BCUT2D eigenvalue weighted by Crippen LogP contribution is -2.50. The van der Waals surface area contributed by atoms with E-state index in [1.54, 1.807) is 18.7 Å². The summed E-state index contributed by atoms with van der Waals surface area (Å²) < 4.78 is 0. The third-order valence-corrected chi connectivity index (χ3v) is 5.80. The van der Waals surface area contributed by atoms with Crippen molar-refractivity contribution < 1.29 is 24.3 Å². The Labute approximate surface area is 176 Å². The van der Waals surface area contributed by atoms with Gasteiger partial charge in [-0.25, -0.2) is 4.79 Å². The van der Waals surface area contributed by atoms with Gasteiger partial charge in [-0.15, -0.1) is 0 Å². The second-order valence-electron chi connectivity index (χ2n) is 8.31. The Morgan fingerprint density at radius 3 is 2.50 bits per heavy atom. The predicted octanol–water partition coefficient (Wildman–Crippen LogP) is 0.827. The largest absolute Gasteiger partial charge is 0.548 e. The number of carboxylic acids is 1. The van der Waals surface area contributed by atoms with Crippen molar-refractivity contribution in [2.75, 3.05) is 6.54 Å². The van der Waals surface area contributed by atoms with Gasteiger partial charge in [0.2, 0.25) is 5.91 Å². The van der Waals surface area contributed by atoms with Crippen LogP contribution in [0.25, 0.3) is 0 Å². The van der Waals surface area contributed by atoms with Crippen LogP contribution in [-0.4, -0.2) is 52.2 Å². The van der Waals surface area contributed by atoms with Gasteiger partial charge in [-0.1, -0.05) is 44.5 Å². The highest BCUT2D eigenvalue weighted by molar-refractivity contribution is 6.04. The predicted molar refractivity (Wildman–Crippen MR) is 107 cm³/mol. The van der Waals surface area contributed by atoms with Crippen LogP contribution >= 0.6 is 0 Å². The number of amides is 4. The number of nitrogens with zero attached hydrogens (tertiary/aromatic N) is 2. The Hall–Kier alpha value is -2.90. The van der Waals surface area contributed by atoms with Gasteiger partial charge in [0.25, 0.3) is 5.91 Å². The van der Waals surface area contributed by atoms with Gasteiger partial charge < -0.3 is 20.1 Å². The molecule has 1 saturated heterocycles. The van der Waals surface area contributed by atoms with Crippen LogP contribution in [-0.2, 0) is 27.3 Å². The first kappa shape index (κ1) is 21.8. The van der Waals surface area contributed by atoms with E-state index < -0.39 is 18.1 Å². The number of hydrogen-bond donors (Lipinski definition) is 1. The van der Waals surface area contributed by atoms with Gasteiger partial charge in [-0.3, -0.25) is 14.5 Å². The molecule has 8 nitrogen and oxygen atoms in total. The number of fused-ring (bicyclic) bond motifs is 2. The zero-order valence-corrected chi connectivity index (χ0v) is 17.4. The number of nitrogens with one attached hydrogen (secondary N) is 1. The number of unbranched alkanes of at least 4 members (excludes halogenated alkanes) is 2. The minimum atomic E-state index is -1.29. The quantitative estimate of drug-likeness (QED) is 0.475. The molecular weight excluding hydrogens is 386 g/mol. The molecule has 162 valence electrons. The van der Waals surface area contributed by atoms with Crippen LogP contribution in [0.4, 0.5) is 4.79 Å². The van der Waals surface area contributed by atoms with E-state index in [1.165, 1.54) is 4.90 Å². The monoisotopic (exact) mass is 414 g/mol. The molecule has 0 saturated carbocycles. The molecule has 0 aliphatic carbocycles. The smallest absolute Gasteiger partial charge is 0.327 e. The molecule has 0 bridgehead atoms. The Morgan fingerprint density at radius 2 is 1.83 bits per heavy atom. The summed E-state index contributed by atoms with van der Waals surface area (Å²) in [5.74, 6) is -2.03. The summed E-state index contributed by atoms with van der Waals surface area (Å²) in [5, 5.41) is 13.5. The summed E-state index contributed by atoms with van der Waals surface area (Å²) in [6, 6.07) is 6.20. The van der Waals surface area contributed by atoms with Crippen LogP contribution in [0.15, 0.2) is 24.3 Å². The van der Waals surface area contributed by atoms with E-state index in [2.05, 4.69) is 5.32 Å². The van der Waals surface area contributed by atoms with Crippen molar-refractivity contribution in [3.63, 3.8) is 0 Å². The van der Waals surface area contributed by atoms with Crippen LogP contribution in [0.2, 0.25) is 0 Å². The zero-order valence-electron chi connectivity index (χ0n) is 17.4. The molecule has 8 heteroatoms. The van der Waals surface area contributed by atoms with E-state index in [1.807, 2.05) is 24.3 Å². The van der Waals surface area contributed by atoms with E-state index in [9.17, 15) is 24.3 Å². The number of urea groups is 1. The lowest BCUT2D eigenvalue weighted by Gasteiger charge is -2.28. The van der Waals surface area contributed by atoms with Crippen molar-refractivity contribution in [3.05, 3.63) is 35.4 Å². The first-order chi connectivity index (χ1) is 14.3. The maximum atomic E-state index is 12.7. The molecule has 0 aromatic heterocycles. The van der Waals surface area contributed by atoms with Gasteiger partial charge in [-0.2, -0.15) is 0 Å². The molecule has 1 aromatic rings. The van der Waals surface area contributed by atoms with Crippen molar-refractivity contribution in [2.45, 2.75) is 64.6 Å². The number of aliphatic carboxylic acids is 1. The molecule has 2 atom stereocenters. The van der Waals surface area contributed by atoms with E-state index in [-0.39, 0.29) is 30.2 Å². The van der Waals surface area contributed by atoms with Crippen LogP contribution < -0.4 is 10.4 Å². The average molecular weight is 414 g/mol. The second kappa shape index (κ2) is 9.28. The topological polar surface area (TPSA) is 110 Å². The van der Waals surface area contributed by atoms with E-state index >= 15 is 0 Å². The highest BCUT2D eigenvalue weighted by atomic mass is 16.4. The lowest BCUT2D eigenvalue weighted by atomic mass is 9.95. The minimum absolute atomic E-state index is 0.152. The first-order valence-corrected chi connectivity index (χ1v) is 10.5. The molecule has 1 N–H and O–H groups in total. The summed E-state index contributed by atoms with van der Waals surface area (Å²) in [6.45, 7) is 4.20. The highest BCUT2D eigenvalue weighted by Gasteiger charge is 2.46. The SMILES string of the molecule is CC(C)[C@@H](NC(=O)CCCCCN1C(=O)[C@@H]2Cc3ccccc3CN2C1=O)C(=O)[O-]. The maximum absolute atomic E-state index is 12.7. The van der Waals surface area contributed by atoms with Crippen LogP contribution in [0.3, 0.4) is 0 Å². The van der Waals surface area contributed by atoms with Gasteiger partial charge in [-0.05, 0) is 29.9 Å². The highest BCUT2D eigenvalue weighted by Crippen LogP contribution is 2.30. The number of rotatable bonds is 9. The molecule has 3 rings (SSSR count). The number of benzene rings is 1. The second-order valence-corrected chi connectivity index (χ2v) is 8.31. The number of imide groups is 1. The fourth-order valence-electron chi connectivity index (χ4n) is 4.06. The summed E-state index contributed by atoms with van der Waals surface area (Å²) in [5.41, 5.74) is 2.20. The number of carbonyl (C=O) groups excluding carboxylic acids is 4. The van der Waals surface area contributed by atoms with E-state index in [0.717, 1.165) is 11.1 Å². The molecule has 1 aromatic carbocycles. The molecule has 0 unspecified atom stereocenters. The zero-order chi connectivity index (χ0) is 21.8. The molecule has 4 amide bonds. The fraction of sp³-hybridized carbons (Fsp3) is 0.545. The van der Waals surface area contributed by atoms with Gasteiger partial charge in [0, 0.05) is 25.9 Å². The molecule has 1 fully saturated rings. The van der Waals surface area contributed by atoms with Crippen molar-refractivity contribution in [3.8, 4) is 0 Å². The van der Waals surface area contributed by atoms with Crippen LogP contribution in [0.1, 0.15) is 50.7 Å². The van der Waals surface area contributed by atoms with Crippen molar-refractivity contribution in [1.82, 2.24) is 15.1 Å². The molecule has 2 aliphatic heterocycles. The van der Waals surface area contributed by atoms with Gasteiger partial charge in [0.1, 0.15) is 6.04 Å². The van der Waals surface area contributed by atoms with Crippen LogP contribution in [0.5, 0.6) is 0 Å². The third kappa shape index (κ3) is 4.63. The normalized spacial score (nSPS) is 19.0. The fourth-order valence-corrected chi connectivity index (χ4v) is 4.06. The van der Waals surface area contributed by atoms with E-state index in [0.29, 0.717) is 38.8 Å². The number of hydrogen-bond acceptors (Lipinski definition) is 5. The standard InChI is InChI=1S/C22H29N3O5/c1-14(2)19(21(28)29)23-18(26)10-4-3-7-11-24-20(27)17-12-15-8-5-6-9-16(15)13-25(17)22(24)30/h5-6,8-9,14,17,19H,3-4,7,10-13H2,1-2H3,(H,23,26)(H,28,29)/p-1/t17-,19+/m0/s1. The number of carbonyl (C=O) groups is 4. The Bertz CT molecular complexity index is 795. The molecule has 0 radical (unpaired) electrons. The van der Waals surface area contributed by atoms with Crippen molar-refractivity contribution in [2.24, 2.45) is 5.92 Å². The summed E-state index contributed by atoms with van der Waals surface area (Å²) in [6.07, 6.45) is 2.56. The summed E-state index contributed by atoms with van der Waals surface area (Å²) >= 11 is 0. The minimum Gasteiger partial charge on any atom is -0.548 e. The molecule has 2 heterocycles. The van der Waals surface area contributed by atoms with Gasteiger partial charge in [0.05, 0.1) is 12.0 Å². The van der Waals surface area contributed by atoms with Gasteiger partial charge >= 0.3 is 6.03 Å². The lowest BCUT2D eigenvalue weighted by molar-refractivity contribution is -0.309. The Kier molecular flexibility index (Phi) is 6.74. The molecule has 0 spiro atoms. The third-order valence-electron chi connectivity index (χ3n) is 5.80. The van der Waals surface area contributed by atoms with Crippen LogP contribution in [0, 0.1) is 5.92 Å². The Balaban J connectivity index is 1.43. The van der Waals surface area contributed by atoms with E-state index in [4.69, 9.17) is 0 Å². The summed E-state index contributed by atoms with van der Waals surface area (Å²) in [4.78, 5) is 51.3. The Morgan fingerprint density at radius 1 is 1.13 bits per heavy atom. The summed E-state index contributed by atoms with van der Waals surface area (Å²) in [7, 11) is 0. The first-order valence-electron chi connectivity index (χ1n) is 10.5. The van der Waals surface area contributed by atoms with Gasteiger partial charge in [0.15, 0.2) is 0 Å². The molecule has 30 heavy (non-hydrogen) atoms. The average Bonchev–Trinajstić information content (AvgIpc) is 2.93. The maximum Gasteiger partial charge on any atom is 0.327 e. The molecule has 2 aliphatic rings. The number of carboxylic acid groups (broad SMARTS) is 1. The molecular formula is C22H28N3O5-.